The Labute approximate surface area is 131 Å². The van der Waals surface area contributed by atoms with Crippen LogP contribution in [0.2, 0.25) is 0 Å². The van der Waals surface area contributed by atoms with E-state index < -0.39 is 15.1 Å². The highest BCUT2D eigenvalue weighted by molar-refractivity contribution is 7.91. The van der Waals surface area contributed by atoms with Crippen molar-refractivity contribution in [1.29, 1.82) is 0 Å². The van der Waals surface area contributed by atoms with Gasteiger partial charge in [0.25, 0.3) is 5.91 Å². The molecule has 1 aliphatic heterocycles. The van der Waals surface area contributed by atoms with Gasteiger partial charge in [-0.15, -0.1) is 22.7 Å². The summed E-state index contributed by atoms with van der Waals surface area (Å²) in [4.78, 5) is 15.6. The third kappa shape index (κ3) is 3.04. The van der Waals surface area contributed by atoms with E-state index >= 15 is 0 Å². The maximum Gasteiger partial charge on any atom is 0.263 e. The first-order valence-electron chi connectivity index (χ1n) is 6.66. The first-order chi connectivity index (χ1) is 10.1. The quantitative estimate of drug-likeness (QED) is 0.844. The summed E-state index contributed by atoms with van der Waals surface area (Å²) >= 11 is 2.86. The predicted octanol–water partition coefficient (Wildman–Crippen LogP) is 2.81. The molecule has 2 aromatic heterocycles. The molecule has 4 nitrogen and oxygen atoms in total. The molecule has 1 fully saturated rings. The van der Waals surface area contributed by atoms with Crippen LogP contribution in [0.15, 0.2) is 35.0 Å². The highest BCUT2D eigenvalue weighted by Crippen LogP contribution is 2.32. The average molecular weight is 341 g/mol. The van der Waals surface area contributed by atoms with E-state index in [0.29, 0.717) is 17.8 Å². The van der Waals surface area contributed by atoms with E-state index in [1.807, 2.05) is 29.0 Å². The molecule has 112 valence electrons. The molecule has 1 aliphatic rings. The molecular weight excluding hydrogens is 326 g/mol. The molecule has 0 radical (unpaired) electrons. The van der Waals surface area contributed by atoms with Crippen molar-refractivity contribution < 1.29 is 13.2 Å². The van der Waals surface area contributed by atoms with Crippen LogP contribution in [0, 0.1) is 0 Å². The van der Waals surface area contributed by atoms with Gasteiger partial charge in [0.1, 0.15) is 0 Å². The topological polar surface area (TPSA) is 54.5 Å². The van der Waals surface area contributed by atoms with Gasteiger partial charge in [0.2, 0.25) is 0 Å². The second-order valence-electron chi connectivity index (χ2n) is 4.93. The molecule has 0 aliphatic carbocycles. The molecule has 1 unspecified atom stereocenters. The first-order valence-corrected chi connectivity index (χ1v) is 10.1. The van der Waals surface area contributed by atoms with Gasteiger partial charge in [-0.1, -0.05) is 12.1 Å². The number of carbonyl (C=O) groups excluding carboxylic acids is 1. The number of nitrogens with zero attached hydrogens (tertiary/aromatic N) is 1. The van der Waals surface area contributed by atoms with Crippen LogP contribution in [-0.2, 0) is 9.84 Å². The fourth-order valence-electron chi connectivity index (χ4n) is 2.50. The summed E-state index contributed by atoms with van der Waals surface area (Å²) in [5.74, 6) is -0.0285. The molecule has 0 N–H and O–H groups in total. The van der Waals surface area contributed by atoms with Crippen molar-refractivity contribution in [2.75, 3.05) is 18.8 Å². The molecule has 21 heavy (non-hydrogen) atoms. The number of amides is 1. The standard InChI is InChI=1S/C14H15NO3S3/c16-14(12-4-2-9-20-12)15-6-5-13(11-3-1-8-19-11)21(17,18)10-7-15/h1-4,8-9,13H,5-7,10H2. The molecule has 3 rings (SSSR count). The zero-order chi connectivity index (χ0) is 14.9. The number of thiophene rings is 2. The van der Waals surface area contributed by atoms with E-state index in [1.54, 1.807) is 11.0 Å². The molecule has 0 aromatic carbocycles. The van der Waals surface area contributed by atoms with Gasteiger partial charge in [0, 0.05) is 18.0 Å². The van der Waals surface area contributed by atoms with Gasteiger partial charge in [-0.3, -0.25) is 4.79 Å². The zero-order valence-electron chi connectivity index (χ0n) is 11.3. The Morgan fingerprint density at radius 3 is 2.57 bits per heavy atom. The van der Waals surface area contributed by atoms with Crippen LogP contribution in [0.4, 0.5) is 0 Å². The molecule has 0 saturated carbocycles. The minimum Gasteiger partial charge on any atom is -0.337 e. The molecule has 1 atom stereocenters. The van der Waals surface area contributed by atoms with Gasteiger partial charge in [-0.2, -0.15) is 0 Å². The predicted molar refractivity (Wildman–Crippen MR) is 85.7 cm³/mol. The van der Waals surface area contributed by atoms with E-state index in [-0.39, 0.29) is 18.2 Å². The van der Waals surface area contributed by atoms with Crippen molar-refractivity contribution in [3.8, 4) is 0 Å². The van der Waals surface area contributed by atoms with Gasteiger partial charge < -0.3 is 4.90 Å². The fraction of sp³-hybridized carbons (Fsp3) is 0.357. The van der Waals surface area contributed by atoms with Crippen LogP contribution >= 0.6 is 22.7 Å². The van der Waals surface area contributed by atoms with E-state index in [0.717, 1.165) is 4.88 Å². The zero-order valence-corrected chi connectivity index (χ0v) is 13.7. The van der Waals surface area contributed by atoms with E-state index in [9.17, 15) is 13.2 Å². The summed E-state index contributed by atoms with van der Waals surface area (Å²) in [5, 5.41) is 3.28. The lowest BCUT2D eigenvalue weighted by Gasteiger charge is -2.18. The Hall–Kier alpha value is -1.18. The average Bonchev–Trinajstić information content (AvgIpc) is 3.12. The Balaban J connectivity index is 1.81. The van der Waals surface area contributed by atoms with Crippen LogP contribution < -0.4 is 0 Å². The maximum absolute atomic E-state index is 12.4. The van der Waals surface area contributed by atoms with Gasteiger partial charge in [-0.05, 0) is 29.3 Å². The van der Waals surface area contributed by atoms with Crippen molar-refractivity contribution in [1.82, 2.24) is 4.90 Å². The highest BCUT2D eigenvalue weighted by Gasteiger charge is 2.33. The van der Waals surface area contributed by atoms with E-state index in [4.69, 9.17) is 0 Å². The lowest BCUT2D eigenvalue weighted by atomic mass is 10.2. The van der Waals surface area contributed by atoms with Crippen LogP contribution in [0.3, 0.4) is 0 Å². The van der Waals surface area contributed by atoms with Gasteiger partial charge in [0.05, 0.1) is 15.9 Å². The minimum absolute atomic E-state index is 0.0344. The molecule has 0 bridgehead atoms. The van der Waals surface area contributed by atoms with Crippen LogP contribution in [0.5, 0.6) is 0 Å². The lowest BCUT2D eigenvalue weighted by molar-refractivity contribution is 0.0771. The van der Waals surface area contributed by atoms with Crippen LogP contribution in [0.1, 0.15) is 26.2 Å². The van der Waals surface area contributed by atoms with Crippen LogP contribution in [-0.4, -0.2) is 38.1 Å². The van der Waals surface area contributed by atoms with Crippen molar-refractivity contribution in [3.63, 3.8) is 0 Å². The van der Waals surface area contributed by atoms with Crippen LogP contribution in [0.25, 0.3) is 0 Å². The number of carbonyl (C=O) groups is 1. The number of rotatable bonds is 2. The molecule has 7 heteroatoms. The monoisotopic (exact) mass is 341 g/mol. The molecular formula is C14H15NO3S3. The molecule has 3 heterocycles. The molecule has 2 aromatic rings. The summed E-state index contributed by atoms with van der Waals surface area (Å²) in [7, 11) is -3.20. The Morgan fingerprint density at radius 1 is 1.14 bits per heavy atom. The van der Waals surface area contributed by atoms with Gasteiger partial charge in [-0.25, -0.2) is 8.42 Å². The summed E-state index contributed by atoms with van der Waals surface area (Å²) in [6.45, 7) is 0.763. The van der Waals surface area contributed by atoms with Crippen molar-refractivity contribution in [2.45, 2.75) is 11.7 Å². The summed E-state index contributed by atoms with van der Waals surface area (Å²) in [5.41, 5.74) is 0. The second-order valence-corrected chi connectivity index (χ2v) is 9.16. The van der Waals surface area contributed by atoms with E-state index in [2.05, 4.69) is 0 Å². The Morgan fingerprint density at radius 2 is 1.90 bits per heavy atom. The Kier molecular flexibility index (Phi) is 4.14. The fourth-order valence-corrected chi connectivity index (χ4v) is 6.19. The second kappa shape index (κ2) is 5.90. The number of sulfone groups is 1. The third-order valence-electron chi connectivity index (χ3n) is 3.62. The SMILES string of the molecule is O=C(c1cccs1)N1CCC(c2cccs2)S(=O)(=O)CC1. The lowest BCUT2D eigenvalue weighted by Crippen LogP contribution is -2.33. The minimum atomic E-state index is -3.20. The number of hydrogen-bond donors (Lipinski definition) is 0. The Bertz CT molecular complexity index is 705. The smallest absolute Gasteiger partial charge is 0.263 e. The normalized spacial score (nSPS) is 21.9. The highest BCUT2D eigenvalue weighted by atomic mass is 32.2. The largest absolute Gasteiger partial charge is 0.337 e. The summed E-state index contributed by atoms with van der Waals surface area (Å²) < 4.78 is 24.9. The third-order valence-corrected chi connectivity index (χ3v) is 7.72. The summed E-state index contributed by atoms with van der Waals surface area (Å²) in [6, 6.07) is 7.35. The van der Waals surface area contributed by atoms with E-state index in [1.165, 1.54) is 22.7 Å². The van der Waals surface area contributed by atoms with Crippen molar-refractivity contribution in [2.24, 2.45) is 0 Å². The van der Waals surface area contributed by atoms with Crippen molar-refractivity contribution >= 4 is 38.4 Å². The molecule has 1 amide bonds. The first kappa shape index (κ1) is 14.7. The van der Waals surface area contributed by atoms with Gasteiger partial charge >= 0.3 is 0 Å². The van der Waals surface area contributed by atoms with Crippen molar-refractivity contribution in [3.05, 3.63) is 44.8 Å². The molecule has 1 saturated heterocycles. The number of hydrogen-bond acceptors (Lipinski definition) is 5. The molecule has 0 spiro atoms. The maximum atomic E-state index is 12.4. The summed E-state index contributed by atoms with van der Waals surface area (Å²) in [6.07, 6.45) is 0.472. The van der Waals surface area contributed by atoms with Gasteiger partial charge in [0.15, 0.2) is 9.84 Å².